The molecule has 0 radical (unpaired) electrons. The van der Waals surface area contributed by atoms with Gasteiger partial charge in [-0.1, -0.05) is 56.9 Å². The van der Waals surface area contributed by atoms with Crippen LogP contribution >= 0.6 is 24.0 Å². The van der Waals surface area contributed by atoms with Crippen molar-refractivity contribution in [2.75, 3.05) is 6.61 Å². The van der Waals surface area contributed by atoms with Gasteiger partial charge in [-0.15, -0.1) is 0 Å². The molecule has 0 aliphatic carbocycles. The average Bonchev–Trinajstić information content (AvgIpc) is 2.85. The zero-order chi connectivity index (χ0) is 19.3. The summed E-state index contributed by atoms with van der Waals surface area (Å²) in [6.07, 6.45) is 3.03. The van der Waals surface area contributed by atoms with E-state index >= 15 is 0 Å². The molecule has 1 atom stereocenters. The third-order valence-electron chi connectivity index (χ3n) is 3.77. The molecule has 0 spiro atoms. The highest BCUT2D eigenvalue weighted by Gasteiger charge is 2.40. The van der Waals surface area contributed by atoms with Gasteiger partial charge >= 0.3 is 5.97 Å². The molecule has 7 heteroatoms. The monoisotopic (exact) mass is 393 g/mol. The van der Waals surface area contributed by atoms with Gasteiger partial charge in [0.25, 0.3) is 5.91 Å². The van der Waals surface area contributed by atoms with Gasteiger partial charge in [-0.05, 0) is 42.5 Å². The molecule has 1 heterocycles. The molecule has 1 unspecified atom stereocenters. The van der Waals surface area contributed by atoms with Crippen molar-refractivity contribution in [2.24, 2.45) is 5.92 Å². The van der Waals surface area contributed by atoms with E-state index in [0.717, 1.165) is 29.5 Å². The Kier molecular flexibility index (Phi) is 7.23. The molecule has 1 fully saturated rings. The molecule has 1 aliphatic heterocycles. The summed E-state index contributed by atoms with van der Waals surface area (Å²) in [5.41, 5.74) is 0.838. The van der Waals surface area contributed by atoms with Gasteiger partial charge in [0.1, 0.15) is 16.1 Å². The van der Waals surface area contributed by atoms with Crippen LogP contribution in [0.25, 0.3) is 6.08 Å². The number of rotatable bonds is 8. The quantitative estimate of drug-likeness (QED) is 0.528. The van der Waals surface area contributed by atoms with Crippen molar-refractivity contribution in [1.82, 2.24) is 4.90 Å². The number of thiocarbonyl (C=S) groups is 1. The van der Waals surface area contributed by atoms with Crippen molar-refractivity contribution < 1.29 is 19.4 Å². The van der Waals surface area contributed by atoms with Gasteiger partial charge in [-0.3, -0.25) is 9.69 Å². The second-order valence-corrected chi connectivity index (χ2v) is 8.13. The first kappa shape index (κ1) is 20.5. The number of carboxylic acids is 1. The molecule has 1 aromatic rings. The third-order valence-corrected chi connectivity index (χ3v) is 5.10. The van der Waals surface area contributed by atoms with Crippen LogP contribution in [0.4, 0.5) is 0 Å². The molecule has 1 aliphatic rings. The third kappa shape index (κ3) is 5.08. The highest BCUT2D eigenvalue weighted by atomic mass is 32.2. The number of carbonyl (C=O) groups excluding carboxylic acids is 1. The SMILES string of the molecule is CCCOc1ccc(/C=C2\SC(=S)N(C(CC(C)C)C(=O)O)C2=O)cc1. The lowest BCUT2D eigenvalue weighted by atomic mass is 10.0. The molecule has 0 saturated carbocycles. The van der Waals surface area contributed by atoms with Gasteiger partial charge in [-0.2, -0.15) is 0 Å². The van der Waals surface area contributed by atoms with Crippen molar-refractivity contribution in [3.05, 3.63) is 34.7 Å². The van der Waals surface area contributed by atoms with E-state index < -0.39 is 12.0 Å². The number of aliphatic carboxylic acids is 1. The predicted octanol–water partition coefficient (Wildman–Crippen LogP) is 4.18. The maximum atomic E-state index is 12.7. The minimum absolute atomic E-state index is 0.139. The molecule has 1 saturated heterocycles. The number of nitrogens with zero attached hydrogens (tertiary/aromatic N) is 1. The van der Waals surface area contributed by atoms with Crippen LogP contribution in [0.3, 0.4) is 0 Å². The Morgan fingerprint density at radius 3 is 2.54 bits per heavy atom. The van der Waals surface area contributed by atoms with Crippen LogP contribution in [0, 0.1) is 5.92 Å². The van der Waals surface area contributed by atoms with Crippen molar-refractivity contribution in [3.8, 4) is 5.75 Å². The number of ether oxygens (including phenoxy) is 1. The Morgan fingerprint density at radius 1 is 1.35 bits per heavy atom. The zero-order valence-corrected chi connectivity index (χ0v) is 16.7. The van der Waals surface area contributed by atoms with Crippen molar-refractivity contribution in [3.63, 3.8) is 0 Å². The predicted molar refractivity (Wildman–Crippen MR) is 108 cm³/mol. The summed E-state index contributed by atoms with van der Waals surface area (Å²) < 4.78 is 5.83. The van der Waals surface area contributed by atoms with Crippen LogP contribution in [-0.2, 0) is 9.59 Å². The molecule has 0 bridgehead atoms. The molecule has 1 N–H and O–H groups in total. The molecular formula is C19H23NO4S2. The molecule has 1 aromatic carbocycles. The lowest BCUT2D eigenvalue weighted by Crippen LogP contribution is -2.44. The van der Waals surface area contributed by atoms with E-state index in [-0.39, 0.29) is 16.1 Å². The normalized spacial score (nSPS) is 17.2. The van der Waals surface area contributed by atoms with E-state index in [1.165, 1.54) is 4.90 Å². The molecule has 0 aromatic heterocycles. The largest absolute Gasteiger partial charge is 0.494 e. The maximum absolute atomic E-state index is 12.7. The van der Waals surface area contributed by atoms with Crippen LogP contribution in [0.2, 0.25) is 0 Å². The van der Waals surface area contributed by atoms with Crippen molar-refractivity contribution in [1.29, 1.82) is 0 Å². The second kappa shape index (κ2) is 9.19. The summed E-state index contributed by atoms with van der Waals surface area (Å²) in [5, 5.41) is 9.50. The summed E-state index contributed by atoms with van der Waals surface area (Å²) in [7, 11) is 0. The number of carboxylic acid groups (broad SMARTS) is 1. The summed E-state index contributed by atoms with van der Waals surface area (Å²) >= 11 is 6.41. The van der Waals surface area contributed by atoms with Gasteiger partial charge in [0.2, 0.25) is 0 Å². The highest BCUT2D eigenvalue weighted by molar-refractivity contribution is 8.26. The number of thioether (sulfide) groups is 1. The van der Waals surface area contributed by atoms with E-state index in [0.29, 0.717) is 17.9 Å². The Balaban J connectivity index is 2.18. The summed E-state index contributed by atoms with van der Waals surface area (Å²) in [6, 6.07) is 6.49. The lowest BCUT2D eigenvalue weighted by molar-refractivity contribution is -0.145. The van der Waals surface area contributed by atoms with Crippen molar-refractivity contribution in [2.45, 2.75) is 39.7 Å². The fourth-order valence-corrected chi connectivity index (χ4v) is 3.90. The van der Waals surface area contributed by atoms with Crippen LogP contribution in [-0.4, -0.2) is 38.9 Å². The first-order valence-electron chi connectivity index (χ1n) is 8.56. The van der Waals surface area contributed by atoms with Gasteiger partial charge in [0, 0.05) is 0 Å². The molecule has 140 valence electrons. The first-order valence-corrected chi connectivity index (χ1v) is 9.78. The maximum Gasteiger partial charge on any atom is 0.326 e. The van der Waals surface area contributed by atoms with Crippen LogP contribution in [0.15, 0.2) is 29.2 Å². The zero-order valence-electron chi connectivity index (χ0n) is 15.1. The van der Waals surface area contributed by atoms with Crippen LogP contribution in [0.1, 0.15) is 39.2 Å². The topological polar surface area (TPSA) is 66.8 Å². The summed E-state index contributed by atoms with van der Waals surface area (Å²) in [4.78, 5) is 26.0. The van der Waals surface area contributed by atoms with Crippen LogP contribution in [0.5, 0.6) is 5.75 Å². The minimum atomic E-state index is -1.03. The van der Waals surface area contributed by atoms with Crippen LogP contribution < -0.4 is 4.74 Å². The van der Waals surface area contributed by atoms with Gasteiger partial charge in [0.15, 0.2) is 0 Å². The van der Waals surface area contributed by atoms with E-state index in [9.17, 15) is 14.7 Å². The van der Waals surface area contributed by atoms with E-state index in [2.05, 4.69) is 0 Å². The molecular weight excluding hydrogens is 370 g/mol. The standard InChI is InChI=1S/C19H23NO4S2/c1-4-9-24-14-7-5-13(6-8-14)11-16-17(21)20(19(25)26-16)15(18(22)23)10-12(2)3/h5-8,11-12,15H,4,9-10H2,1-3H3,(H,22,23)/b16-11-. The highest BCUT2D eigenvalue weighted by Crippen LogP contribution is 2.35. The minimum Gasteiger partial charge on any atom is -0.494 e. The molecule has 26 heavy (non-hydrogen) atoms. The molecule has 5 nitrogen and oxygen atoms in total. The molecule has 2 rings (SSSR count). The number of amides is 1. The summed E-state index contributed by atoms with van der Waals surface area (Å²) in [5.74, 6) is -0.465. The number of benzene rings is 1. The van der Waals surface area contributed by atoms with Gasteiger partial charge in [0.05, 0.1) is 11.5 Å². The first-order chi connectivity index (χ1) is 12.3. The van der Waals surface area contributed by atoms with E-state index in [1.807, 2.05) is 45.0 Å². The fourth-order valence-electron chi connectivity index (χ4n) is 2.54. The molecule has 1 amide bonds. The lowest BCUT2D eigenvalue weighted by Gasteiger charge is -2.24. The Bertz CT molecular complexity index is 713. The van der Waals surface area contributed by atoms with Gasteiger partial charge in [-0.25, -0.2) is 4.79 Å². The Hall–Kier alpha value is -1.86. The number of carbonyl (C=O) groups is 2. The average molecular weight is 394 g/mol. The second-order valence-electron chi connectivity index (χ2n) is 6.45. The number of hydrogen-bond acceptors (Lipinski definition) is 5. The smallest absolute Gasteiger partial charge is 0.326 e. The Morgan fingerprint density at radius 2 is 2.00 bits per heavy atom. The van der Waals surface area contributed by atoms with Gasteiger partial charge < -0.3 is 9.84 Å². The number of hydrogen-bond donors (Lipinski definition) is 1. The Labute approximate surface area is 163 Å². The fraction of sp³-hybridized carbons (Fsp3) is 0.421. The van der Waals surface area contributed by atoms with E-state index in [4.69, 9.17) is 17.0 Å². The van der Waals surface area contributed by atoms with Crippen molar-refractivity contribution >= 4 is 46.3 Å². The van der Waals surface area contributed by atoms with E-state index in [1.54, 1.807) is 6.08 Å². The summed E-state index contributed by atoms with van der Waals surface area (Å²) in [6.45, 7) is 6.54.